The van der Waals surface area contributed by atoms with Crippen LogP contribution in [-0.2, 0) is 17.1 Å². The van der Waals surface area contributed by atoms with Gasteiger partial charge in [0, 0.05) is 5.56 Å². The van der Waals surface area contributed by atoms with Gasteiger partial charge < -0.3 is 5.11 Å². The molecule has 1 aliphatic carbocycles. The van der Waals surface area contributed by atoms with Gasteiger partial charge in [-0.15, -0.1) is 0 Å². The van der Waals surface area contributed by atoms with Gasteiger partial charge in [0.05, 0.1) is 11.9 Å². The second-order valence-electron chi connectivity index (χ2n) is 7.37. The van der Waals surface area contributed by atoms with E-state index >= 15 is 0 Å². The number of carbonyl (C=O) groups is 1. The van der Waals surface area contributed by atoms with Crippen molar-refractivity contribution in [2.24, 2.45) is 11.4 Å². The van der Waals surface area contributed by atoms with Gasteiger partial charge in [-0.05, 0) is 35.6 Å². The maximum atomic E-state index is 13.6. The minimum atomic E-state index is -4.23. The Bertz CT molecular complexity index is 1570. The minimum absolute atomic E-state index is 0.0612. The number of allylic oxidation sites excluding steroid dienone is 1. The molecule has 1 aliphatic rings. The summed E-state index contributed by atoms with van der Waals surface area (Å²) in [7, 11) is -2.43. The number of hydrogen-bond donors (Lipinski definition) is 0. The van der Waals surface area contributed by atoms with Crippen LogP contribution < -0.4 is 9.67 Å². The highest BCUT2D eigenvalue weighted by Gasteiger charge is 2.34. The lowest BCUT2D eigenvalue weighted by atomic mass is 9.91. The summed E-state index contributed by atoms with van der Waals surface area (Å²) in [5, 5.41) is 13.6. The van der Waals surface area contributed by atoms with Crippen molar-refractivity contribution in [2.45, 2.75) is 4.90 Å². The number of imidazole rings is 1. The first kappa shape index (κ1) is 19.9. The summed E-state index contributed by atoms with van der Waals surface area (Å²) < 4.78 is 33.3. The van der Waals surface area contributed by atoms with Crippen LogP contribution in [0.25, 0.3) is 22.5 Å². The van der Waals surface area contributed by atoms with Crippen LogP contribution in [0.2, 0.25) is 0 Å². The number of carbonyl (C=O) groups excluding carboxylic acids is 1. The molecule has 7 nitrogen and oxygen atoms in total. The van der Waals surface area contributed by atoms with E-state index in [1.54, 1.807) is 66.5 Å². The Morgan fingerprint density at radius 2 is 1.50 bits per heavy atom. The topological polar surface area (TPSA) is 95.4 Å². The third-order valence-corrected chi connectivity index (χ3v) is 6.66. The lowest BCUT2D eigenvalue weighted by molar-refractivity contribution is -0.645. The molecular weight excluding hydrogens is 426 g/mol. The molecule has 0 spiro atoms. The quantitative estimate of drug-likeness (QED) is 0.454. The average molecular weight is 443 g/mol. The summed E-state index contributed by atoms with van der Waals surface area (Å²) in [5.41, 5.74) is 1.30. The van der Waals surface area contributed by atoms with Crippen molar-refractivity contribution in [3.05, 3.63) is 96.3 Å². The highest BCUT2D eigenvalue weighted by molar-refractivity contribution is 7.90. The van der Waals surface area contributed by atoms with E-state index in [0.717, 1.165) is 5.52 Å². The number of aryl methyl sites for hydroxylation is 1. The monoisotopic (exact) mass is 443 g/mol. The van der Waals surface area contributed by atoms with Crippen LogP contribution in [0.15, 0.2) is 94.5 Å². The fourth-order valence-electron chi connectivity index (χ4n) is 3.86. The Hall–Kier alpha value is -4.04. The van der Waals surface area contributed by atoms with Crippen molar-refractivity contribution in [1.29, 1.82) is 0 Å². The Labute approximate surface area is 184 Å². The molecule has 0 atom stereocenters. The number of fused-ring (bicyclic) bond motifs is 2. The van der Waals surface area contributed by atoms with Crippen LogP contribution >= 0.6 is 0 Å². The van der Waals surface area contributed by atoms with Gasteiger partial charge in [0.2, 0.25) is 12.1 Å². The molecule has 0 fully saturated rings. The number of rotatable bonds is 3. The van der Waals surface area contributed by atoms with E-state index in [-0.39, 0.29) is 21.7 Å². The van der Waals surface area contributed by atoms with Crippen molar-refractivity contribution in [2.75, 3.05) is 0 Å². The number of Topliss-reactive ketones (excluding diaryl/α,β-unsaturated/α-hetero) is 1. The smallest absolute Gasteiger partial charge is 0.283 e. The molecule has 8 heteroatoms. The number of para-hydroxylation sites is 2. The standard InChI is InChI=1S/C24H17N3O4S/c1-26-15-27(20-14-8-7-13-19(20)26)22-21(25-32(30,31)16-9-3-2-4-10-16)23(28)17-11-5-6-12-18(17)24(22)29/h2-15H,1H3. The molecule has 5 rings (SSSR count). The molecule has 0 saturated heterocycles. The second-order valence-corrected chi connectivity index (χ2v) is 8.97. The van der Waals surface area contributed by atoms with Crippen molar-refractivity contribution < 1.29 is 22.9 Å². The number of aromatic nitrogens is 2. The molecule has 0 saturated carbocycles. The molecule has 0 aliphatic heterocycles. The van der Waals surface area contributed by atoms with Crippen LogP contribution in [0.4, 0.5) is 0 Å². The second kappa shape index (κ2) is 7.28. The highest BCUT2D eigenvalue weighted by Crippen LogP contribution is 2.32. The van der Waals surface area contributed by atoms with Gasteiger partial charge in [0.25, 0.3) is 10.0 Å². The van der Waals surface area contributed by atoms with Crippen LogP contribution in [-0.4, -0.2) is 24.5 Å². The molecule has 1 heterocycles. The molecule has 0 radical (unpaired) electrons. The van der Waals surface area contributed by atoms with Gasteiger partial charge in [0.15, 0.2) is 22.4 Å². The van der Waals surface area contributed by atoms with Gasteiger partial charge in [-0.3, -0.25) is 4.79 Å². The van der Waals surface area contributed by atoms with E-state index in [2.05, 4.69) is 4.40 Å². The van der Waals surface area contributed by atoms with E-state index in [9.17, 15) is 18.3 Å². The third-order valence-electron chi connectivity index (χ3n) is 5.37. The molecule has 158 valence electrons. The predicted octanol–water partition coefficient (Wildman–Crippen LogP) is 2.18. The Morgan fingerprint density at radius 3 is 2.25 bits per heavy atom. The molecule has 3 aromatic carbocycles. The first-order valence-electron chi connectivity index (χ1n) is 9.80. The number of hydrogen-bond acceptors (Lipinski definition) is 4. The van der Waals surface area contributed by atoms with Crippen LogP contribution in [0, 0.1) is 0 Å². The van der Waals surface area contributed by atoms with Crippen LogP contribution in [0.5, 0.6) is 0 Å². The summed E-state index contributed by atoms with van der Waals surface area (Å²) >= 11 is 0. The Kier molecular flexibility index (Phi) is 4.53. The zero-order chi connectivity index (χ0) is 22.5. The zero-order valence-corrected chi connectivity index (χ0v) is 17.8. The van der Waals surface area contributed by atoms with Crippen LogP contribution in [0.3, 0.4) is 0 Å². The summed E-state index contributed by atoms with van der Waals surface area (Å²) in [6.45, 7) is 0. The van der Waals surface area contributed by atoms with Crippen molar-refractivity contribution in [3.8, 4) is 0 Å². The SMILES string of the molecule is C[n+]1cn(C2=C([O-])c3ccccc3C(=O)/C2=N/S(=O)(=O)c2ccccc2)c2ccccc21. The number of ketones is 1. The fraction of sp³-hybridized carbons (Fsp3) is 0.0417. The largest absolute Gasteiger partial charge is 0.869 e. The third kappa shape index (κ3) is 3.04. The summed E-state index contributed by atoms with van der Waals surface area (Å²) in [4.78, 5) is 13.3. The van der Waals surface area contributed by atoms with E-state index in [4.69, 9.17) is 0 Å². The van der Waals surface area contributed by atoms with Crippen LogP contribution in [0.1, 0.15) is 15.9 Å². The Morgan fingerprint density at radius 1 is 0.875 bits per heavy atom. The first-order chi connectivity index (χ1) is 15.4. The molecular formula is C24H17N3O4S. The van der Waals surface area contributed by atoms with E-state index in [1.165, 1.54) is 22.8 Å². The molecule has 1 aromatic heterocycles. The van der Waals surface area contributed by atoms with E-state index < -0.39 is 27.3 Å². The fourth-order valence-corrected chi connectivity index (χ4v) is 4.88. The minimum Gasteiger partial charge on any atom is -0.869 e. The van der Waals surface area contributed by atoms with Gasteiger partial charge in [-0.25, -0.2) is 4.57 Å². The average Bonchev–Trinajstić information content (AvgIpc) is 3.14. The van der Waals surface area contributed by atoms with Crippen molar-refractivity contribution in [1.82, 2.24) is 4.57 Å². The van der Waals surface area contributed by atoms with E-state index in [0.29, 0.717) is 5.52 Å². The highest BCUT2D eigenvalue weighted by atomic mass is 32.2. The normalized spacial score (nSPS) is 15.4. The number of nitrogens with zero attached hydrogens (tertiary/aromatic N) is 3. The molecule has 0 N–H and O–H groups in total. The lowest BCUT2D eigenvalue weighted by Gasteiger charge is -2.25. The number of sulfonamides is 1. The van der Waals surface area contributed by atoms with Gasteiger partial charge >= 0.3 is 0 Å². The first-order valence-corrected chi connectivity index (χ1v) is 11.2. The lowest BCUT2D eigenvalue weighted by Crippen LogP contribution is -2.31. The molecule has 4 aromatic rings. The molecule has 32 heavy (non-hydrogen) atoms. The molecule has 0 unspecified atom stereocenters. The summed E-state index contributed by atoms with van der Waals surface area (Å²) in [5.74, 6) is -1.08. The van der Waals surface area contributed by atoms with Gasteiger partial charge in [0.1, 0.15) is 0 Å². The summed E-state index contributed by atoms with van der Waals surface area (Å²) in [6.07, 6.45) is 1.64. The number of benzene rings is 3. The maximum absolute atomic E-state index is 13.6. The predicted molar refractivity (Wildman–Crippen MR) is 118 cm³/mol. The Balaban J connectivity index is 1.85. The molecule has 0 bridgehead atoms. The maximum Gasteiger partial charge on any atom is 0.283 e. The van der Waals surface area contributed by atoms with Crippen molar-refractivity contribution >= 4 is 44.0 Å². The molecule has 0 amide bonds. The van der Waals surface area contributed by atoms with Gasteiger partial charge in [-0.1, -0.05) is 54.6 Å². The van der Waals surface area contributed by atoms with Gasteiger partial charge in [-0.2, -0.15) is 17.4 Å². The summed E-state index contributed by atoms with van der Waals surface area (Å²) in [6, 6.07) is 21.3. The van der Waals surface area contributed by atoms with E-state index in [1.807, 2.05) is 12.1 Å². The zero-order valence-electron chi connectivity index (χ0n) is 17.0. The van der Waals surface area contributed by atoms with Crippen molar-refractivity contribution in [3.63, 3.8) is 0 Å².